The molecule has 4 rings (SSSR count). The fourth-order valence-corrected chi connectivity index (χ4v) is 3.39. The van der Waals surface area contributed by atoms with Crippen molar-refractivity contribution in [3.05, 3.63) is 89.2 Å². The Kier molecular flexibility index (Phi) is 5.52. The highest BCUT2D eigenvalue weighted by molar-refractivity contribution is 5.75. The summed E-state index contributed by atoms with van der Waals surface area (Å²) in [5.41, 5.74) is 5.71. The molecule has 0 N–H and O–H groups in total. The van der Waals surface area contributed by atoms with Crippen molar-refractivity contribution in [1.29, 1.82) is 0 Å². The first-order valence-electron chi connectivity index (χ1n) is 9.94. The Morgan fingerprint density at radius 2 is 1.62 bits per heavy atom. The third-order valence-corrected chi connectivity index (χ3v) is 5.25. The lowest BCUT2D eigenvalue weighted by molar-refractivity contribution is 0.271. The van der Waals surface area contributed by atoms with Crippen LogP contribution in [0.25, 0.3) is 11.0 Å². The van der Waals surface area contributed by atoms with Gasteiger partial charge in [0.1, 0.15) is 30.5 Å². The number of fused-ring (bicyclic) bond motifs is 1. The molecule has 0 fully saturated rings. The summed E-state index contributed by atoms with van der Waals surface area (Å²) >= 11 is 0. The molecule has 148 valence electrons. The molecule has 4 aromatic rings. The van der Waals surface area contributed by atoms with Gasteiger partial charge in [-0.15, -0.1) is 0 Å². The molecule has 0 aliphatic rings. The minimum atomic E-state index is 0.418. The summed E-state index contributed by atoms with van der Waals surface area (Å²) in [6.07, 6.45) is 0. The molecule has 0 radical (unpaired) electrons. The SMILES string of the molecule is Cc1ccc(OCc2nc3ccccc3n2CCOc2cccc(C)c2C)cc1. The molecule has 0 unspecified atom stereocenters. The van der Waals surface area contributed by atoms with Crippen LogP contribution in [0, 0.1) is 20.8 Å². The van der Waals surface area contributed by atoms with Crippen LogP contribution in [0.15, 0.2) is 66.7 Å². The highest BCUT2D eigenvalue weighted by Crippen LogP contribution is 2.22. The van der Waals surface area contributed by atoms with Crippen molar-refractivity contribution in [1.82, 2.24) is 9.55 Å². The average molecular weight is 386 g/mol. The average Bonchev–Trinajstić information content (AvgIpc) is 3.08. The van der Waals surface area contributed by atoms with Crippen molar-refractivity contribution in [2.45, 2.75) is 33.9 Å². The van der Waals surface area contributed by atoms with E-state index in [0.29, 0.717) is 19.8 Å². The molecule has 1 heterocycles. The summed E-state index contributed by atoms with van der Waals surface area (Å²) in [4.78, 5) is 4.79. The highest BCUT2D eigenvalue weighted by atomic mass is 16.5. The number of nitrogens with zero attached hydrogens (tertiary/aromatic N) is 2. The zero-order chi connectivity index (χ0) is 20.2. The van der Waals surface area contributed by atoms with Gasteiger partial charge in [-0.3, -0.25) is 0 Å². The van der Waals surface area contributed by atoms with Gasteiger partial charge in [-0.1, -0.05) is 42.0 Å². The van der Waals surface area contributed by atoms with E-state index in [2.05, 4.69) is 49.6 Å². The van der Waals surface area contributed by atoms with E-state index in [-0.39, 0.29) is 0 Å². The van der Waals surface area contributed by atoms with E-state index in [4.69, 9.17) is 14.5 Å². The largest absolute Gasteiger partial charge is 0.491 e. The van der Waals surface area contributed by atoms with Crippen molar-refractivity contribution >= 4 is 11.0 Å². The molecule has 0 amide bonds. The number of hydrogen-bond donors (Lipinski definition) is 0. The van der Waals surface area contributed by atoms with Gasteiger partial charge in [-0.25, -0.2) is 4.98 Å². The molecule has 0 aliphatic heterocycles. The maximum atomic E-state index is 6.08. The van der Waals surface area contributed by atoms with Gasteiger partial charge in [-0.2, -0.15) is 0 Å². The Bertz CT molecular complexity index is 1110. The van der Waals surface area contributed by atoms with Crippen molar-refractivity contribution in [2.75, 3.05) is 6.61 Å². The lowest BCUT2D eigenvalue weighted by Gasteiger charge is -2.13. The van der Waals surface area contributed by atoms with E-state index in [1.165, 1.54) is 16.7 Å². The molecule has 1 aromatic heterocycles. The summed E-state index contributed by atoms with van der Waals surface area (Å²) in [7, 11) is 0. The first-order chi connectivity index (χ1) is 14.1. The molecular weight excluding hydrogens is 360 g/mol. The van der Waals surface area contributed by atoms with Crippen LogP contribution >= 0.6 is 0 Å². The number of imidazole rings is 1. The molecule has 29 heavy (non-hydrogen) atoms. The minimum absolute atomic E-state index is 0.418. The van der Waals surface area contributed by atoms with Crippen molar-refractivity contribution < 1.29 is 9.47 Å². The Labute approximate surface area is 171 Å². The van der Waals surface area contributed by atoms with Gasteiger partial charge in [0.2, 0.25) is 0 Å². The maximum absolute atomic E-state index is 6.08. The summed E-state index contributed by atoms with van der Waals surface area (Å²) < 4.78 is 14.3. The Morgan fingerprint density at radius 1 is 0.828 bits per heavy atom. The van der Waals surface area contributed by atoms with Gasteiger partial charge in [-0.05, 0) is 62.2 Å². The number of aryl methyl sites for hydroxylation is 2. The fourth-order valence-electron chi connectivity index (χ4n) is 3.39. The van der Waals surface area contributed by atoms with Crippen molar-refractivity contribution in [3.8, 4) is 11.5 Å². The van der Waals surface area contributed by atoms with Crippen LogP contribution in [0.3, 0.4) is 0 Å². The van der Waals surface area contributed by atoms with E-state index in [9.17, 15) is 0 Å². The predicted molar refractivity (Wildman–Crippen MR) is 117 cm³/mol. The molecule has 4 heteroatoms. The maximum Gasteiger partial charge on any atom is 0.148 e. The normalized spacial score (nSPS) is 11.0. The van der Waals surface area contributed by atoms with Crippen molar-refractivity contribution in [2.24, 2.45) is 0 Å². The third-order valence-electron chi connectivity index (χ3n) is 5.25. The van der Waals surface area contributed by atoms with Crippen LogP contribution in [0.4, 0.5) is 0 Å². The lowest BCUT2D eigenvalue weighted by Crippen LogP contribution is -2.13. The van der Waals surface area contributed by atoms with E-state index in [0.717, 1.165) is 28.4 Å². The van der Waals surface area contributed by atoms with E-state index < -0.39 is 0 Å². The molecule has 0 aliphatic carbocycles. The Morgan fingerprint density at radius 3 is 2.45 bits per heavy atom. The number of para-hydroxylation sites is 2. The standard InChI is InChI=1S/C25H26N2O2/c1-18-11-13-21(14-12-18)29-17-25-26-22-8-4-5-9-23(22)27(25)15-16-28-24-10-6-7-19(2)20(24)3/h4-14H,15-17H2,1-3H3. The second kappa shape index (κ2) is 8.39. The van der Waals surface area contributed by atoms with E-state index in [1.54, 1.807) is 0 Å². The van der Waals surface area contributed by atoms with Crippen LogP contribution in [-0.4, -0.2) is 16.2 Å². The second-order valence-electron chi connectivity index (χ2n) is 7.32. The quantitative estimate of drug-likeness (QED) is 0.414. The molecule has 0 saturated heterocycles. The van der Waals surface area contributed by atoms with Gasteiger partial charge in [0.05, 0.1) is 17.6 Å². The van der Waals surface area contributed by atoms with Crippen LogP contribution in [0.5, 0.6) is 11.5 Å². The first-order valence-corrected chi connectivity index (χ1v) is 9.94. The summed E-state index contributed by atoms with van der Waals surface area (Å²) in [6, 6.07) is 22.4. The van der Waals surface area contributed by atoms with Gasteiger partial charge in [0.15, 0.2) is 0 Å². The molecular formula is C25H26N2O2. The predicted octanol–water partition coefficient (Wildman–Crippen LogP) is 5.62. The zero-order valence-corrected chi connectivity index (χ0v) is 17.2. The first kappa shape index (κ1) is 19.1. The van der Waals surface area contributed by atoms with Crippen LogP contribution < -0.4 is 9.47 Å². The summed E-state index contributed by atoms with van der Waals surface area (Å²) in [5.74, 6) is 2.68. The lowest BCUT2D eigenvalue weighted by atomic mass is 10.1. The topological polar surface area (TPSA) is 36.3 Å². The Hall–Kier alpha value is -3.27. The van der Waals surface area contributed by atoms with E-state index in [1.807, 2.05) is 42.5 Å². The van der Waals surface area contributed by atoms with Gasteiger partial charge >= 0.3 is 0 Å². The number of benzene rings is 3. The van der Waals surface area contributed by atoms with Crippen LogP contribution in [-0.2, 0) is 13.2 Å². The van der Waals surface area contributed by atoms with Gasteiger partial charge < -0.3 is 14.0 Å². The zero-order valence-electron chi connectivity index (χ0n) is 17.2. The van der Waals surface area contributed by atoms with Gasteiger partial charge in [0, 0.05) is 0 Å². The summed E-state index contributed by atoms with van der Waals surface area (Å²) in [5, 5.41) is 0. The smallest absolute Gasteiger partial charge is 0.148 e. The fraction of sp³-hybridized carbons (Fsp3) is 0.240. The van der Waals surface area contributed by atoms with Crippen LogP contribution in [0.1, 0.15) is 22.5 Å². The number of ether oxygens (including phenoxy) is 2. The summed E-state index contributed by atoms with van der Waals surface area (Å²) in [6.45, 7) is 7.97. The molecule has 0 atom stereocenters. The Balaban J connectivity index is 1.51. The van der Waals surface area contributed by atoms with Crippen LogP contribution in [0.2, 0.25) is 0 Å². The number of rotatable bonds is 7. The molecule has 0 bridgehead atoms. The minimum Gasteiger partial charge on any atom is -0.491 e. The van der Waals surface area contributed by atoms with Crippen molar-refractivity contribution in [3.63, 3.8) is 0 Å². The third kappa shape index (κ3) is 4.27. The highest BCUT2D eigenvalue weighted by Gasteiger charge is 2.12. The molecule has 3 aromatic carbocycles. The van der Waals surface area contributed by atoms with Gasteiger partial charge in [0.25, 0.3) is 0 Å². The number of hydrogen-bond acceptors (Lipinski definition) is 3. The number of aromatic nitrogens is 2. The second-order valence-corrected chi connectivity index (χ2v) is 7.32. The molecule has 0 spiro atoms. The van der Waals surface area contributed by atoms with E-state index >= 15 is 0 Å². The molecule has 0 saturated carbocycles. The monoisotopic (exact) mass is 386 g/mol. The molecule has 4 nitrogen and oxygen atoms in total.